The molecule has 1 fully saturated rings. The van der Waals surface area contributed by atoms with Crippen molar-refractivity contribution in [2.75, 3.05) is 21.3 Å². The van der Waals surface area contributed by atoms with Gasteiger partial charge < -0.3 is 14.2 Å². The van der Waals surface area contributed by atoms with E-state index >= 15 is 0 Å². The lowest BCUT2D eigenvalue weighted by molar-refractivity contribution is 0.0958. The van der Waals surface area contributed by atoms with Crippen LogP contribution in [0.25, 0.3) is 0 Å². The molecule has 0 saturated heterocycles. The van der Waals surface area contributed by atoms with Gasteiger partial charge in [-0.15, -0.1) is 0 Å². The van der Waals surface area contributed by atoms with Crippen LogP contribution in [0.4, 0.5) is 0 Å². The quantitative estimate of drug-likeness (QED) is 0.747. The van der Waals surface area contributed by atoms with Crippen LogP contribution in [0.15, 0.2) is 12.1 Å². The van der Waals surface area contributed by atoms with Crippen molar-refractivity contribution in [3.8, 4) is 17.2 Å². The van der Waals surface area contributed by atoms with Gasteiger partial charge in [0, 0.05) is 12.5 Å². The molecule has 0 heterocycles. The second-order valence-electron chi connectivity index (χ2n) is 5.19. The third-order valence-electron chi connectivity index (χ3n) is 3.95. The fourth-order valence-corrected chi connectivity index (χ4v) is 2.83. The van der Waals surface area contributed by atoms with Crippen LogP contribution in [-0.2, 0) is 0 Å². The summed E-state index contributed by atoms with van der Waals surface area (Å²) in [6, 6.07) is 3.43. The number of methoxy groups -OCH3 is 3. The highest BCUT2D eigenvalue weighted by atomic mass is 16.5. The third-order valence-corrected chi connectivity index (χ3v) is 3.95. The molecule has 0 aromatic heterocycles. The van der Waals surface area contributed by atoms with Crippen molar-refractivity contribution in [2.24, 2.45) is 5.92 Å². The molecule has 2 rings (SSSR count). The fourth-order valence-electron chi connectivity index (χ4n) is 2.83. The van der Waals surface area contributed by atoms with Gasteiger partial charge in [-0.1, -0.05) is 25.7 Å². The first-order valence-corrected chi connectivity index (χ1v) is 7.02. The highest BCUT2D eigenvalue weighted by molar-refractivity contribution is 5.99. The lowest BCUT2D eigenvalue weighted by Gasteiger charge is -2.14. The van der Waals surface area contributed by atoms with E-state index in [4.69, 9.17) is 14.2 Å². The molecule has 4 heteroatoms. The number of ketones is 1. The number of carbonyl (C=O) groups is 1. The standard InChI is InChI=1S/C16H22O4/c1-18-14-10-16(20-3)15(19-2)9-12(14)13(17)8-11-6-4-5-7-11/h9-11H,4-8H2,1-3H3. The highest BCUT2D eigenvalue weighted by Crippen LogP contribution is 2.36. The third kappa shape index (κ3) is 3.06. The van der Waals surface area contributed by atoms with Gasteiger partial charge in [0.15, 0.2) is 17.3 Å². The van der Waals surface area contributed by atoms with Crippen LogP contribution in [0.1, 0.15) is 42.5 Å². The molecule has 110 valence electrons. The lowest BCUT2D eigenvalue weighted by Crippen LogP contribution is -2.08. The molecule has 0 bridgehead atoms. The van der Waals surface area contributed by atoms with Gasteiger partial charge in [0.2, 0.25) is 0 Å². The van der Waals surface area contributed by atoms with Gasteiger partial charge in [-0.2, -0.15) is 0 Å². The van der Waals surface area contributed by atoms with Crippen LogP contribution in [0.5, 0.6) is 17.2 Å². The smallest absolute Gasteiger partial charge is 0.167 e. The number of hydrogen-bond acceptors (Lipinski definition) is 4. The van der Waals surface area contributed by atoms with E-state index in [-0.39, 0.29) is 5.78 Å². The molecule has 0 spiro atoms. The predicted molar refractivity (Wildman–Crippen MR) is 77.0 cm³/mol. The summed E-state index contributed by atoms with van der Waals surface area (Å²) in [4.78, 5) is 12.5. The van der Waals surface area contributed by atoms with E-state index in [0.717, 1.165) is 12.8 Å². The SMILES string of the molecule is COc1cc(OC)c(C(=O)CC2CCCC2)cc1OC. The summed E-state index contributed by atoms with van der Waals surface area (Å²) in [5, 5.41) is 0. The van der Waals surface area contributed by atoms with Crippen molar-refractivity contribution in [1.29, 1.82) is 0 Å². The zero-order valence-corrected chi connectivity index (χ0v) is 12.4. The summed E-state index contributed by atoms with van der Waals surface area (Å²) in [6.07, 6.45) is 5.37. The van der Waals surface area contributed by atoms with Gasteiger partial charge in [-0.3, -0.25) is 4.79 Å². The maximum atomic E-state index is 12.5. The minimum atomic E-state index is 0.120. The zero-order chi connectivity index (χ0) is 14.5. The molecule has 4 nitrogen and oxygen atoms in total. The average Bonchev–Trinajstić information content (AvgIpc) is 2.98. The van der Waals surface area contributed by atoms with Crippen LogP contribution in [-0.4, -0.2) is 27.1 Å². The molecule has 0 atom stereocenters. The van der Waals surface area contributed by atoms with Crippen molar-refractivity contribution in [3.63, 3.8) is 0 Å². The molecule has 0 amide bonds. The second-order valence-corrected chi connectivity index (χ2v) is 5.19. The van der Waals surface area contributed by atoms with E-state index in [9.17, 15) is 4.79 Å². The second kappa shape index (κ2) is 6.64. The largest absolute Gasteiger partial charge is 0.496 e. The topological polar surface area (TPSA) is 44.8 Å². The molecule has 0 N–H and O–H groups in total. The lowest BCUT2D eigenvalue weighted by atomic mass is 9.96. The molecular weight excluding hydrogens is 256 g/mol. The first kappa shape index (κ1) is 14.7. The average molecular weight is 278 g/mol. The maximum Gasteiger partial charge on any atom is 0.167 e. The van der Waals surface area contributed by atoms with Crippen molar-refractivity contribution in [2.45, 2.75) is 32.1 Å². The number of ether oxygens (including phenoxy) is 3. The summed E-state index contributed by atoms with van der Waals surface area (Å²) in [5.41, 5.74) is 0.581. The Hall–Kier alpha value is -1.71. The number of rotatable bonds is 6. The Morgan fingerprint density at radius 3 is 2.10 bits per heavy atom. The molecule has 1 aromatic carbocycles. The van der Waals surface area contributed by atoms with Crippen LogP contribution < -0.4 is 14.2 Å². The summed E-state index contributed by atoms with van der Waals surface area (Å²) in [5.74, 6) is 2.31. The van der Waals surface area contributed by atoms with Gasteiger partial charge in [-0.25, -0.2) is 0 Å². The summed E-state index contributed by atoms with van der Waals surface area (Å²) in [6.45, 7) is 0. The van der Waals surface area contributed by atoms with E-state index in [1.54, 1.807) is 33.5 Å². The summed E-state index contributed by atoms with van der Waals surface area (Å²) >= 11 is 0. The maximum absolute atomic E-state index is 12.5. The van der Waals surface area contributed by atoms with Gasteiger partial charge in [0.1, 0.15) is 5.75 Å². The van der Waals surface area contributed by atoms with E-state index in [2.05, 4.69) is 0 Å². The molecule has 0 radical (unpaired) electrons. The van der Waals surface area contributed by atoms with E-state index in [0.29, 0.717) is 35.2 Å². The number of carbonyl (C=O) groups excluding carboxylic acids is 1. The fraction of sp³-hybridized carbons (Fsp3) is 0.562. The molecule has 1 aromatic rings. The van der Waals surface area contributed by atoms with Crippen LogP contribution >= 0.6 is 0 Å². The van der Waals surface area contributed by atoms with E-state index in [1.807, 2.05) is 0 Å². The van der Waals surface area contributed by atoms with Gasteiger partial charge >= 0.3 is 0 Å². The number of hydrogen-bond donors (Lipinski definition) is 0. The Morgan fingerprint density at radius 2 is 1.55 bits per heavy atom. The zero-order valence-electron chi connectivity index (χ0n) is 12.4. The molecule has 1 aliphatic carbocycles. The highest BCUT2D eigenvalue weighted by Gasteiger charge is 2.23. The van der Waals surface area contributed by atoms with Crippen LogP contribution in [0.2, 0.25) is 0 Å². The van der Waals surface area contributed by atoms with Gasteiger partial charge in [0.05, 0.1) is 26.9 Å². The Labute approximate surface area is 120 Å². The van der Waals surface area contributed by atoms with E-state index < -0.39 is 0 Å². The molecule has 1 aliphatic rings. The van der Waals surface area contributed by atoms with Crippen LogP contribution in [0.3, 0.4) is 0 Å². The number of Topliss-reactive ketones (excluding diaryl/α,β-unsaturated/α-hetero) is 1. The van der Waals surface area contributed by atoms with Gasteiger partial charge in [0.25, 0.3) is 0 Å². The summed E-state index contributed by atoms with van der Waals surface area (Å²) < 4.78 is 15.8. The van der Waals surface area contributed by atoms with E-state index in [1.165, 1.54) is 12.8 Å². The Kier molecular flexibility index (Phi) is 4.88. The monoisotopic (exact) mass is 278 g/mol. The Morgan fingerprint density at radius 1 is 1.00 bits per heavy atom. The first-order valence-electron chi connectivity index (χ1n) is 7.02. The molecule has 20 heavy (non-hydrogen) atoms. The molecule has 0 unspecified atom stereocenters. The Balaban J connectivity index is 2.26. The normalized spacial score (nSPS) is 15.2. The Bertz CT molecular complexity index is 476. The van der Waals surface area contributed by atoms with Crippen molar-refractivity contribution < 1.29 is 19.0 Å². The van der Waals surface area contributed by atoms with Gasteiger partial charge in [-0.05, 0) is 12.0 Å². The first-order chi connectivity index (χ1) is 9.69. The number of benzene rings is 1. The molecular formula is C16H22O4. The van der Waals surface area contributed by atoms with Crippen LogP contribution in [0, 0.1) is 5.92 Å². The van der Waals surface area contributed by atoms with Crippen molar-refractivity contribution >= 4 is 5.78 Å². The molecule has 1 saturated carbocycles. The summed E-state index contributed by atoms with van der Waals surface area (Å²) in [7, 11) is 4.69. The van der Waals surface area contributed by atoms with Crippen molar-refractivity contribution in [3.05, 3.63) is 17.7 Å². The molecule has 0 aliphatic heterocycles. The minimum Gasteiger partial charge on any atom is -0.496 e. The van der Waals surface area contributed by atoms with Crippen molar-refractivity contribution in [1.82, 2.24) is 0 Å². The minimum absolute atomic E-state index is 0.120. The predicted octanol–water partition coefficient (Wildman–Crippen LogP) is 3.48.